The van der Waals surface area contributed by atoms with E-state index in [0.717, 1.165) is 12.1 Å². The molecule has 1 saturated heterocycles. The molecule has 1 aromatic rings. The van der Waals surface area contributed by atoms with Crippen molar-refractivity contribution in [3.05, 3.63) is 35.9 Å². The highest BCUT2D eigenvalue weighted by molar-refractivity contribution is 5.89. The van der Waals surface area contributed by atoms with Gasteiger partial charge in [0, 0.05) is 13.1 Å². The first kappa shape index (κ1) is 19.0. The van der Waals surface area contributed by atoms with Gasteiger partial charge in [-0.05, 0) is 12.5 Å². The third-order valence-corrected chi connectivity index (χ3v) is 3.81. The Hall–Kier alpha value is -2.29. The van der Waals surface area contributed by atoms with Crippen molar-refractivity contribution in [3.8, 4) is 0 Å². The number of morpholine rings is 1. The van der Waals surface area contributed by atoms with Crippen LogP contribution in [0.1, 0.15) is 12.5 Å². The number of benzene rings is 1. The molecule has 1 unspecified atom stereocenters. The van der Waals surface area contributed by atoms with Crippen LogP contribution in [0.5, 0.6) is 0 Å². The maximum absolute atomic E-state index is 14.0. The highest BCUT2D eigenvalue weighted by Gasteiger charge is 2.64. The molecule has 25 heavy (non-hydrogen) atoms. The zero-order chi connectivity index (χ0) is 18.5. The van der Waals surface area contributed by atoms with Crippen LogP contribution in [0.4, 0.5) is 18.0 Å². The van der Waals surface area contributed by atoms with Gasteiger partial charge in [-0.2, -0.15) is 13.2 Å². The van der Waals surface area contributed by atoms with Crippen molar-refractivity contribution in [2.24, 2.45) is 0 Å². The summed E-state index contributed by atoms with van der Waals surface area (Å²) in [5, 5.41) is 1.87. The van der Waals surface area contributed by atoms with Crippen molar-refractivity contribution in [2.75, 3.05) is 32.9 Å². The van der Waals surface area contributed by atoms with Gasteiger partial charge in [-0.1, -0.05) is 30.3 Å². The van der Waals surface area contributed by atoms with E-state index in [-0.39, 0.29) is 32.9 Å². The van der Waals surface area contributed by atoms with E-state index in [2.05, 4.69) is 4.74 Å². The van der Waals surface area contributed by atoms with Crippen molar-refractivity contribution < 1.29 is 32.2 Å². The van der Waals surface area contributed by atoms with Crippen LogP contribution in [0.3, 0.4) is 0 Å². The van der Waals surface area contributed by atoms with Gasteiger partial charge in [0.1, 0.15) is 0 Å². The zero-order valence-corrected chi connectivity index (χ0v) is 13.6. The van der Waals surface area contributed by atoms with Gasteiger partial charge < -0.3 is 19.7 Å². The van der Waals surface area contributed by atoms with Gasteiger partial charge >= 0.3 is 18.2 Å². The Morgan fingerprint density at radius 3 is 2.32 bits per heavy atom. The minimum Gasteiger partial charge on any atom is -0.464 e. The predicted octanol–water partition coefficient (Wildman–Crippen LogP) is 2.05. The van der Waals surface area contributed by atoms with E-state index < -0.39 is 29.3 Å². The molecule has 0 aromatic heterocycles. The third kappa shape index (κ3) is 3.87. The summed E-state index contributed by atoms with van der Waals surface area (Å²) in [4.78, 5) is 25.9. The summed E-state index contributed by atoms with van der Waals surface area (Å²) in [6, 6.07) is 5.48. The number of hydrogen-bond donors (Lipinski definition) is 1. The SMILES string of the molecule is CCOC(=O)C(NC(=O)N1CCOCC1)(c1ccccc1)C(F)(F)F. The number of rotatable bonds is 4. The smallest absolute Gasteiger partial charge is 0.426 e. The molecule has 2 amide bonds. The first-order chi connectivity index (χ1) is 11.8. The minimum absolute atomic E-state index is 0.136. The van der Waals surface area contributed by atoms with Gasteiger partial charge in [0.15, 0.2) is 0 Å². The number of carbonyl (C=O) groups excluding carboxylic acids is 2. The molecule has 0 saturated carbocycles. The summed E-state index contributed by atoms with van der Waals surface area (Å²) in [5.74, 6) is -1.57. The van der Waals surface area contributed by atoms with E-state index in [0.29, 0.717) is 0 Å². The standard InChI is InChI=1S/C16H19F3N2O4/c1-2-25-13(22)15(16(17,18)19,12-6-4-3-5-7-12)20-14(23)21-8-10-24-11-9-21/h3-7H,2,8-11H2,1H3,(H,20,23). The minimum atomic E-state index is -5.09. The summed E-state index contributed by atoms with van der Waals surface area (Å²) in [5.41, 5.74) is -3.69. The Morgan fingerprint density at radius 2 is 1.80 bits per heavy atom. The lowest BCUT2D eigenvalue weighted by molar-refractivity contribution is -0.214. The second kappa shape index (κ2) is 7.73. The summed E-state index contributed by atoms with van der Waals surface area (Å²) in [6.45, 7) is 1.86. The molecule has 1 aliphatic rings. The lowest BCUT2D eigenvalue weighted by Crippen LogP contribution is -2.64. The average molecular weight is 360 g/mol. The van der Waals surface area contributed by atoms with Crippen molar-refractivity contribution in [1.29, 1.82) is 0 Å². The van der Waals surface area contributed by atoms with Crippen LogP contribution in [0.25, 0.3) is 0 Å². The summed E-state index contributed by atoms with van der Waals surface area (Å²) in [6.07, 6.45) is -5.09. The van der Waals surface area contributed by atoms with Gasteiger partial charge in [-0.15, -0.1) is 0 Å². The Balaban J connectivity index is 2.46. The molecule has 0 bridgehead atoms. The van der Waals surface area contributed by atoms with E-state index in [9.17, 15) is 22.8 Å². The number of esters is 1. The Labute approximate surface area is 142 Å². The van der Waals surface area contributed by atoms with Crippen molar-refractivity contribution in [3.63, 3.8) is 0 Å². The van der Waals surface area contributed by atoms with Gasteiger partial charge in [0.25, 0.3) is 5.54 Å². The Kier molecular flexibility index (Phi) is 5.89. The van der Waals surface area contributed by atoms with Crippen LogP contribution in [0, 0.1) is 0 Å². The molecule has 0 radical (unpaired) electrons. The molecule has 2 rings (SSSR count). The van der Waals surface area contributed by atoms with Gasteiger partial charge in [-0.3, -0.25) is 0 Å². The number of amides is 2. The maximum Gasteiger partial charge on any atom is 0.426 e. The van der Waals surface area contributed by atoms with Gasteiger partial charge in [0.2, 0.25) is 0 Å². The second-order valence-electron chi connectivity index (χ2n) is 5.36. The molecule has 1 heterocycles. The molecule has 6 nitrogen and oxygen atoms in total. The Morgan fingerprint density at radius 1 is 1.20 bits per heavy atom. The molecular formula is C16H19F3N2O4. The summed E-state index contributed by atoms with van der Waals surface area (Å²) < 4.78 is 51.8. The molecule has 1 aromatic carbocycles. The third-order valence-electron chi connectivity index (χ3n) is 3.81. The van der Waals surface area contributed by atoms with Crippen molar-refractivity contribution >= 4 is 12.0 Å². The van der Waals surface area contributed by atoms with E-state index >= 15 is 0 Å². The zero-order valence-electron chi connectivity index (χ0n) is 13.6. The number of hydrogen-bond acceptors (Lipinski definition) is 4. The fourth-order valence-corrected chi connectivity index (χ4v) is 2.52. The monoisotopic (exact) mass is 360 g/mol. The van der Waals surface area contributed by atoms with Crippen LogP contribution in [0.2, 0.25) is 0 Å². The first-order valence-corrected chi connectivity index (χ1v) is 7.77. The summed E-state index contributed by atoms with van der Waals surface area (Å²) in [7, 11) is 0. The normalized spacial score (nSPS) is 17.5. The predicted molar refractivity (Wildman–Crippen MR) is 81.7 cm³/mol. The average Bonchev–Trinajstić information content (AvgIpc) is 2.60. The Bertz CT molecular complexity index is 603. The second-order valence-corrected chi connectivity index (χ2v) is 5.36. The molecule has 138 valence electrons. The van der Waals surface area contributed by atoms with E-state index in [4.69, 9.17) is 4.74 Å². The number of ether oxygens (including phenoxy) is 2. The lowest BCUT2D eigenvalue weighted by atomic mass is 9.89. The lowest BCUT2D eigenvalue weighted by Gasteiger charge is -2.37. The molecule has 0 spiro atoms. The maximum atomic E-state index is 14.0. The largest absolute Gasteiger partial charge is 0.464 e. The number of carbonyl (C=O) groups is 2. The first-order valence-electron chi connectivity index (χ1n) is 7.77. The van der Waals surface area contributed by atoms with E-state index in [1.807, 2.05) is 5.32 Å². The van der Waals surface area contributed by atoms with Crippen LogP contribution in [-0.4, -0.2) is 56.0 Å². The molecule has 1 N–H and O–H groups in total. The number of halogens is 3. The van der Waals surface area contributed by atoms with Gasteiger partial charge in [0.05, 0.1) is 19.8 Å². The van der Waals surface area contributed by atoms with E-state index in [1.165, 1.54) is 30.0 Å². The highest BCUT2D eigenvalue weighted by atomic mass is 19.4. The molecule has 9 heteroatoms. The van der Waals surface area contributed by atoms with Crippen molar-refractivity contribution in [1.82, 2.24) is 10.2 Å². The molecule has 1 fully saturated rings. The van der Waals surface area contributed by atoms with Crippen LogP contribution in [0.15, 0.2) is 30.3 Å². The van der Waals surface area contributed by atoms with Crippen LogP contribution >= 0.6 is 0 Å². The number of urea groups is 1. The quantitative estimate of drug-likeness (QED) is 0.835. The number of nitrogens with one attached hydrogen (secondary N) is 1. The van der Waals surface area contributed by atoms with Crippen molar-refractivity contribution in [2.45, 2.75) is 18.6 Å². The number of nitrogens with zero attached hydrogens (tertiary/aromatic N) is 1. The van der Waals surface area contributed by atoms with Crippen LogP contribution in [-0.2, 0) is 19.8 Å². The fraction of sp³-hybridized carbons (Fsp3) is 0.500. The molecular weight excluding hydrogens is 341 g/mol. The number of alkyl halides is 3. The molecule has 1 atom stereocenters. The highest BCUT2D eigenvalue weighted by Crippen LogP contribution is 2.40. The summed E-state index contributed by atoms with van der Waals surface area (Å²) >= 11 is 0. The molecule has 1 aliphatic heterocycles. The van der Waals surface area contributed by atoms with Crippen LogP contribution < -0.4 is 5.32 Å². The topological polar surface area (TPSA) is 67.9 Å². The van der Waals surface area contributed by atoms with E-state index in [1.54, 1.807) is 0 Å². The van der Waals surface area contributed by atoms with Gasteiger partial charge in [-0.25, -0.2) is 9.59 Å². The molecule has 0 aliphatic carbocycles. The fourth-order valence-electron chi connectivity index (χ4n) is 2.52.